The fourth-order valence-electron chi connectivity index (χ4n) is 1.60. The molecule has 1 nitrogen and oxygen atoms in total. The van der Waals surface area contributed by atoms with Crippen molar-refractivity contribution in [3.8, 4) is 0 Å². The Morgan fingerprint density at radius 1 is 1.36 bits per heavy atom. The number of nitrogen functional groups attached to an aromatic ring is 1. The van der Waals surface area contributed by atoms with Crippen LogP contribution in [0.5, 0.6) is 0 Å². The third-order valence-electron chi connectivity index (χ3n) is 2.48. The number of rotatable bonds is 2. The predicted octanol–water partition coefficient (Wildman–Crippen LogP) is 3.78. The first-order chi connectivity index (χ1) is 6.77. The lowest BCUT2D eigenvalue weighted by atomic mass is 10.1. The molecule has 0 radical (unpaired) electrons. The number of alkyl halides is 1. The molecule has 1 aromatic heterocycles. The second-order valence-corrected chi connectivity index (χ2v) is 4.41. The van der Waals surface area contributed by atoms with Crippen LogP contribution in [0.25, 0.3) is 10.1 Å². The quantitative estimate of drug-likeness (QED) is 0.611. The van der Waals surface area contributed by atoms with E-state index in [1.807, 2.05) is 6.07 Å². The lowest BCUT2D eigenvalue weighted by Gasteiger charge is -2.03. The van der Waals surface area contributed by atoms with Gasteiger partial charge in [0, 0.05) is 5.88 Å². The van der Waals surface area contributed by atoms with Crippen molar-refractivity contribution in [2.45, 2.75) is 19.2 Å². The Hall–Kier alpha value is -0.730. The Balaban J connectivity index is 2.72. The van der Waals surface area contributed by atoms with Crippen molar-refractivity contribution in [3.63, 3.8) is 0 Å². The van der Waals surface area contributed by atoms with Gasteiger partial charge in [-0.1, -0.05) is 19.1 Å². The molecule has 1 heterocycles. The van der Waals surface area contributed by atoms with Crippen molar-refractivity contribution >= 4 is 38.7 Å². The molecule has 0 saturated heterocycles. The number of fused-ring (bicyclic) bond motifs is 1. The second-order valence-electron chi connectivity index (χ2n) is 3.26. The summed E-state index contributed by atoms with van der Waals surface area (Å²) in [5.74, 6) is 0.487. The van der Waals surface area contributed by atoms with Gasteiger partial charge in [0.2, 0.25) is 0 Å². The van der Waals surface area contributed by atoms with Crippen molar-refractivity contribution in [2.75, 3.05) is 5.73 Å². The molecule has 0 saturated carbocycles. The molecule has 0 aliphatic carbocycles. The number of aryl methyl sites for hydroxylation is 1. The number of benzene rings is 1. The molecule has 2 N–H and O–H groups in total. The van der Waals surface area contributed by atoms with E-state index in [-0.39, 0.29) is 0 Å². The van der Waals surface area contributed by atoms with E-state index in [2.05, 4.69) is 18.4 Å². The van der Waals surface area contributed by atoms with Gasteiger partial charge in [-0.2, -0.15) is 0 Å². The maximum Gasteiger partial charge on any atom is 0.0578 e. The zero-order chi connectivity index (χ0) is 10.1. The van der Waals surface area contributed by atoms with Crippen LogP contribution in [0.2, 0.25) is 0 Å². The molecule has 0 aliphatic heterocycles. The van der Waals surface area contributed by atoms with E-state index in [0.29, 0.717) is 5.88 Å². The summed E-state index contributed by atoms with van der Waals surface area (Å²) in [6.45, 7) is 2.16. The minimum absolute atomic E-state index is 0.487. The molecule has 74 valence electrons. The van der Waals surface area contributed by atoms with Gasteiger partial charge in [0.1, 0.15) is 0 Å². The minimum atomic E-state index is 0.487. The van der Waals surface area contributed by atoms with E-state index >= 15 is 0 Å². The van der Waals surface area contributed by atoms with Crippen LogP contribution < -0.4 is 5.73 Å². The SMILES string of the molecule is CCc1csc2c(N)c(CCl)ccc12. The van der Waals surface area contributed by atoms with E-state index in [9.17, 15) is 0 Å². The van der Waals surface area contributed by atoms with E-state index in [4.69, 9.17) is 17.3 Å². The normalized spacial score (nSPS) is 11.0. The average Bonchev–Trinajstić information content (AvgIpc) is 2.62. The smallest absolute Gasteiger partial charge is 0.0578 e. The summed E-state index contributed by atoms with van der Waals surface area (Å²) < 4.78 is 1.18. The Morgan fingerprint density at radius 3 is 2.79 bits per heavy atom. The summed E-state index contributed by atoms with van der Waals surface area (Å²) in [7, 11) is 0. The Kier molecular flexibility index (Phi) is 2.66. The molecule has 1 aromatic carbocycles. The average molecular weight is 226 g/mol. The maximum absolute atomic E-state index is 6.02. The van der Waals surface area contributed by atoms with Gasteiger partial charge in [-0.3, -0.25) is 0 Å². The largest absolute Gasteiger partial charge is 0.397 e. The lowest BCUT2D eigenvalue weighted by molar-refractivity contribution is 1.17. The van der Waals surface area contributed by atoms with Crippen molar-refractivity contribution in [1.82, 2.24) is 0 Å². The monoisotopic (exact) mass is 225 g/mol. The van der Waals surface area contributed by atoms with Crippen molar-refractivity contribution in [1.29, 1.82) is 0 Å². The first-order valence-corrected chi connectivity index (χ1v) is 6.02. The molecule has 0 atom stereocenters. The van der Waals surface area contributed by atoms with Crippen LogP contribution in [0.3, 0.4) is 0 Å². The Labute approximate surface area is 92.5 Å². The number of hydrogen-bond donors (Lipinski definition) is 1. The zero-order valence-electron chi connectivity index (χ0n) is 8.01. The first-order valence-electron chi connectivity index (χ1n) is 4.61. The van der Waals surface area contributed by atoms with Gasteiger partial charge in [-0.05, 0) is 28.3 Å². The van der Waals surface area contributed by atoms with Gasteiger partial charge in [0.25, 0.3) is 0 Å². The highest BCUT2D eigenvalue weighted by Gasteiger charge is 2.08. The summed E-state index contributed by atoms with van der Waals surface area (Å²) in [6.07, 6.45) is 1.06. The number of hydrogen-bond acceptors (Lipinski definition) is 2. The number of thiophene rings is 1. The second kappa shape index (κ2) is 3.79. The molecule has 0 bridgehead atoms. The van der Waals surface area contributed by atoms with Gasteiger partial charge >= 0.3 is 0 Å². The van der Waals surface area contributed by atoms with Crippen molar-refractivity contribution in [3.05, 3.63) is 28.6 Å². The molecule has 0 unspecified atom stereocenters. The van der Waals surface area contributed by atoms with Gasteiger partial charge in [-0.25, -0.2) is 0 Å². The molecule has 14 heavy (non-hydrogen) atoms. The van der Waals surface area contributed by atoms with Crippen molar-refractivity contribution < 1.29 is 0 Å². The highest BCUT2D eigenvalue weighted by molar-refractivity contribution is 7.18. The van der Waals surface area contributed by atoms with Crippen LogP contribution in [0.4, 0.5) is 5.69 Å². The summed E-state index contributed by atoms with van der Waals surface area (Å²) in [6, 6.07) is 4.15. The molecule has 0 aliphatic rings. The molecule has 3 heteroatoms. The van der Waals surface area contributed by atoms with Crippen LogP contribution in [-0.2, 0) is 12.3 Å². The van der Waals surface area contributed by atoms with E-state index in [1.54, 1.807) is 11.3 Å². The summed E-state index contributed by atoms with van der Waals surface area (Å²) in [5.41, 5.74) is 9.28. The third kappa shape index (κ3) is 1.39. The fourth-order valence-corrected chi connectivity index (χ4v) is 2.97. The molecule has 0 fully saturated rings. The van der Waals surface area contributed by atoms with E-state index in [1.165, 1.54) is 15.6 Å². The summed E-state index contributed by atoms with van der Waals surface area (Å²) in [4.78, 5) is 0. The van der Waals surface area contributed by atoms with E-state index in [0.717, 1.165) is 17.7 Å². The number of nitrogens with two attached hydrogens (primary N) is 1. The molecular weight excluding hydrogens is 214 g/mol. The topological polar surface area (TPSA) is 26.0 Å². The zero-order valence-corrected chi connectivity index (χ0v) is 9.58. The standard InChI is InChI=1S/C11H12ClNS/c1-2-7-6-14-11-9(7)4-3-8(5-12)10(11)13/h3-4,6H,2,5,13H2,1H3. The van der Waals surface area contributed by atoms with Crippen LogP contribution in [0.1, 0.15) is 18.1 Å². The highest BCUT2D eigenvalue weighted by atomic mass is 35.5. The molecular formula is C11H12ClNS. The Morgan fingerprint density at radius 2 is 2.14 bits per heavy atom. The van der Waals surface area contributed by atoms with Crippen LogP contribution in [0, 0.1) is 0 Å². The van der Waals surface area contributed by atoms with Crippen LogP contribution in [0.15, 0.2) is 17.5 Å². The minimum Gasteiger partial charge on any atom is -0.397 e. The molecule has 0 spiro atoms. The van der Waals surface area contributed by atoms with Gasteiger partial charge in [-0.15, -0.1) is 22.9 Å². The van der Waals surface area contributed by atoms with Gasteiger partial charge < -0.3 is 5.73 Å². The summed E-state index contributed by atoms with van der Waals surface area (Å²) in [5, 5.41) is 3.46. The summed E-state index contributed by atoms with van der Waals surface area (Å²) >= 11 is 7.51. The van der Waals surface area contributed by atoms with Crippen LogP contribution in [-0.4, -0.2) is 0 Å². The first kappa shape index (κ1) is 9.81. The Bertz CT molecular complexity index is 462. The maximum atomic E-state index is 6.02. The van der Waals surface area contributed by atoms with Crippen molar-refractivity contribution in [2.24, 2.45) is 0 Å². The predicted molar refractivity (Wildman–Crippen MR) is 65.2 cm³/mol. The number of halogens is 1. The third-order valence-corrected chi connectivity index (χ3v) is 3.84. The van der Waals surface area contributed by atoms with E-state index < -0.39 is 0 Å². The molecule has 2 rings (SSSR count). The highest BCUT2D eigenvalue weighted by Crippen LogP contribution is 2.33. The van der Waals surface area contributed by atoms with Gasteiger partial charge in [0.15, 0.2) is 0 Å². The number of anilines is 1. The molecule has 2 aromatic rings. The fraction of sp³-hybridized carbons (Fsp3) is 0.273. The van der Waals surface area contributed by atoms with Gasteiger partial charge in [0.05, 0.1) is 10.4 Å². The molecule has 0 amide bonds. The van der Waals surface area contributed by atoms with Crippen LogP contribution >= 0.6 is 22.9 Å². The lowest BCUT2D eigenvalue weighted by Crippen LogP contribution is -1.91.